The van der Waals surface area contributed by atoms with Crippen LogP contribution in [-0.4, -0.2) is 24.6 Å². The Hall–Kier alpha value is -2.89. The van der Waals surface area contributed by atoms with Gasteiger partial charge in [-0.1, -0.05) is 18.2 Å². The van der Waals surface area contributed by atoms with E-state index in [1.54, 1.807) is 0 Å². The summed E-state index contributed by atoms with van der Waals surface area (Å²) in [5.74, 6) is -0.600. The second kappa shape index (κ2) is 9.42. The lowest BCUT2D eigenvalue weighted by molar-refractivity contribution is -0.153. The van der Waals surface area contributed by atoms with Crippen LogP contribution in [0.4, 0.5) is 10.1 Å². The van der Waals surface area contributed by atoms with Gasteiger partial charge in [-0.3, -0.25) is 9.59 Å². The number of amides is 1. The second-order valence-electron chi connectivity index (χ2n) is 5.39. The zero-order chi connectivity index (χ0) is 18.1. The van der Waals surface area contributed by atoms with Crippen molar-refractivity contribution in [3.8, 4) is 5.75 Å². The molecule has 132 valence electrons. The number of benzene rings is 2. The van der Waals surface area contributed by atoms with Gasteiger partial charge in [0, 0.05) is 12.1 Å². The van der Waals surface area contributed by atoms with E-state index in [0.29, 0.717) is 18.7 Å². The number of nitrogens with one attached hydrogen (secondary N) is 1. The van der Waals surface area contributed by atoms with Crippen molar-refractivity contribution in [3.05, 3.63) is 60.4 Å². The first-order valence-corrected chi connectivity index (χ1v) is 7.98. The number of rotatable bonds is 8. The minimum Gasteiger partial charge on any atom is -0.494 e. The molecule has 2 aromatic carbocycles. The summed E-state index contributed by atoms with van der Waals surface area (Å²) in [7, 11) is 0. The van der Waals surface area contributed by atoms with Crippen LogP contribution in [0.2, 0.25) is 0 Å². The van der Waals surface area contributed by atoms with Crippen LogP contribution in [0.3, 0.4) is 0 Å². The minimum atomic E-state index is -0.937. The standard InChI is InChI=1S/C19H20FNO4/c1-14(19(23)21-16-11-9-15(20)10-12-16)25-18(22)8-5-13-24-17-6-3-2-4-7-17/h2-4,6-7,9-12,14H,5,8,13H2,1H3,(H,21,23)/t14-/m0/s1. The number of carbonyl (C=O) groups excluding carboxylic acids is 2. The van der Waals surface area contributed by atoms with Gasteiger partial charge in [0.05, 0.1) is 6.61 Å². The van der Waals surface area contributed by atoms with E-state index in [1.165, 1.54) is 31.2 Å². The number of hydrogen-bond acceptors (Lipinski definition) is 4. The molecular weight excluding hydrogens is 325 g/mol. The SMILES string of the molecule is C[C@H](OC(=O)CCCOc1ccccc1)C(=O)Nc1ccc(F)cc1. The molecule has 0 radical (unpaired) electrons. The average molecular weight is 345 g/mol. The Morgan fingerprint density at radius 3 is 2.44 bits per heavy atom. The number of anilines is 1. The summed E-state index contributed by atoms with van der Waals surface area (Å²) in [4.78, 5) is 23.7. The van der Waals surface area contributed by atoms with E-state index in [1.807, 2.05) is 30.3 Å². The molecular formula is C19H20FNO4. The molecule has 6 heteroatoms. The molecule has 0 fully saturated rings. The van der Waals surface area contributed by atoms with Gasteiger partial charge in [0.2, 0.25) is 0 Å². The first-order valence-electron chi connectivity index (χ1n) is 7.98. The summed E-state index contributed by atoms with van der Waals surface area (Å²) < 4.78 is 23.4. The lowest BCUT2D eigenvalue weighted by Crippen LogP contribution is -2.30. The third kappa shape index (κ3) is 6.63. The lowest BCUT2D eigenvalue weighted by atomic mass is 10.3. The van der Waals surface area contributed by atoms with Crippen molar-refractivity contribution in [1.82, 2.24) is 0 Å². The monoisotopic (exact) mass is 345 g/mol. The van der Waals surface area contributed by atoms with E-state index >= 15 is 0 Å². The van der Waals surface area contributed by atoms with E-state index in [0.717, 1.165) is 5.75 Å². The van der Waals surface area contributed by atoms with Gasteiger partial charge in [0.25, 0.3) is 5.91 Å². The Bertz CT molecular complexity index is 688. The van der Waals surface area contributed by atoms with Gasteiger partial charge in [0.1, 0.15) is 11.6 Å². The summed E-state index contributed by atoms with van der Waals surface area (Å²) in [6, 6.07) is 14.6. The third-order valence-corrected chi connectivity index (χ3v) is 3.33. The van der Waals surface area contributed by atoms with Gasteiger partial charge in [-0.05, 0) is 49.7 Å². The van der Waals surface area contributed by atoms with E-state index in [2.05, 4.69) is 5.32 Å². The molecule has 1 N–H and O–H groups in total. The largest absolute Gasteiger partial charge is 0.494 e. The van der Waals surface area contributed by atoms with Gasteiger partial charge >= 0.3 is 5.97 Å². The molecule has 1 amide bonds. The normalized spacial score (nSPS) is 11.4. The Kier molecular flexibility index (Phi) is 6.95. The molecule has 0 aliphatic carbocycles. The summed E-state index contributed by atoms with van der Waals surface area (Å²) in [6.45, 7) is 1.87. The predicted octanol–water partition coefficient (Wildman–Crippen LogP) is 3.56. The van der Waals surface area contributed by atoms with Crippen LogP contribution in [-0.2, 0) is 14.3 Å². The minimum absolute atomic E-state index is 0.154. The predicted molar refractivity (Wildman–Crippen MR) is 91.8 cm³/mol. The first-order chi connectivity index (χ1) is 12.0. The van der Waals surface area contributed by atoms with E-state index in [-0.39, 0.29) is 6.42 Å². The maximum Gasteiger partial charge on any atom is 0.306 e. The zero-order valence-corrected chi connectivity index (χ0v) is 13.9. The number of esters is 1. The molecule has 0 saturated heterocycles. The van der Waals surface area contributed by atoms with Crippen LogP contribution >= 0.6 is 0 Å². The van der Waals surface area contributed by atoms with Gasteiger partial charge in [-0.2, -0.15) is 0 Å². The molecule has 0 aromatic heterocycles. The Morgan fingerprint density at radius 1 is 1.08 bits per heavy atom. The molecule has 0 heterocycles. The number of para-hydroxylation sites is 1. The average Bonchev–Trinajstić information content (AvgIpc) is 2.61. The summed E-state index contributed by atoms with van der Waals surface area (Å²) >= 11 is 0. The molecule has 0 aliphatic heterocycles. The second-order valence-corrected chi connectivity index (χ2v) is 5.39. The van der Waals surface area contributed by atoms with Crippen molar-refractivity contribution in [2.45, 2.75) is 25.9 Å². The molecule has 2 rings (SSSR count). The fourth-order valence-electron chi connectivity index (χ4n) is 2.01. The van der Waals surface area contributed by atoms with Crippen molar-refractivity contribution in [2.24, 2.45) is 0 Å². The van der Waals surface area contributed by atoms with E-state index < -0.39 is 23.8 Å². The smallest absolute Gasteiger partial charge is 0.306 e. The van der Waals surface area contributed by atoms with Crippen molar-refractivity contribution in [3.63, 3.8) is 0 Å². The molecule has 25 heavy (non-hydrogen) atoms. The van der Waals surface area contributed by atoms with Crippen molar-refractivity contribution in [1.29, 1.82) is 0 Å². The first kappa shape index (κ1) is 18.4. The summed E-state index contributed by atoms with van der Waals surface area (Å²) in [5.41, 5.74) is 0.436. The van der Waals surface area contributed by atoms with E-state index in [9.17, 15) is 14.0 Å². The molecule has 2 aromatic rings. The molecule has 1 atom stereocenters. The molecule has 0 aliphatic rings. The highest BCUT2D eigenvalue weighted by atomic mass is 19.1. The quantitative estimate of drug-likeness (QED) is 0.587. The van der Waals surface area contributed by atoms with Crippen LogP contribution in [0.15, 0.2) is 54.6 Å². The van der Waals surface area contributed by atoms with Gasteiger partial charge in [0.15, 0.2) is 6.10 Å². The number of ether oxygens (including phenoxy) is 2. The molecule has 0 spiro atoms. The molecule has 0 saturated carbocycles. The fraction of sp³-hybridized carbons (Fsp3) is 0.263. The zero-order valence-electron chi connectivity index (χ0n) is 13.9. The Labute approximate surface area is 145 Å². The van der Waals surface area contributed by atoms with Crippen LogP contribution in [0, 0.1) is 5.82 Å². The maximum absolute atomic E-state index is 12.8. The highest BCUT2D eigenvalue weighted by Gasteiger charge is 2.17. The van der Waals surface area contributed by atoms with Crippen molar-refractivity contribution < 1.29 is 23.5 Å². The van der Waals surface area contributed by atoms with Crippen LogP contribution in [0.25, 0.3) is 0 Å². The summed E-state index contributed by atoms with van der Waals surface area (Å²) in [6.07, 6.45) is -0.298. The fourth-order valence-corrected chi connectivity index (χ4v) is 2.01. The van der Waals surface area contributed by atoms with E-state index in [4.69, 9.17) is 9.47 Å². The van der Waals surface area contributed by atoms with Crippen LogP contribution in [0.1, 0.15) is 19.8 Å². The van der Waals surface area contributed by atoms with Gasteiger partial charge < -0.3 is 14.8 Å². The lowest BCUT2D eigenvalue weighted by Gasteiger charge is -2.13. The van der Waals surface area contributed by atoms with Crippen molar-refractivity contribution in [2.75, 3.05) is 11.9 Å². The maximum atomic E-state index is 12.8. The molecule has 0 bridgehead atoms. The van der Waals surface area contributed by atoms with Crippen LogP contribution < -0.4 is 10.1 Å². The third-order valence-electron chi connectivity index (χ3n) is 3.33. The Balaban J connectivity index is 1.66. The Morgan fingerprint density at radius 2 is 1.76 bits per heavy atom. The molecule has 5 nitrogen and oxygen atoms in total. The van der Waals surface area contributed by atoms with Gasteiger partial charge in [-0.25, -0.2) is 4.39 Å². The molecule has 0 unspecified atom stereocenters. The number of hydrogen-bond donors (Lipinski definition) is 1. The van der Waals surface area contributed by atoms with Crippen LogP contribution in [0.5, 0.6) is 5.75 Å². The topological polar surface area (TPSA) is 64.6 Å². The van der Waals surface area contributed by atoms with Gasteiger partial charge in [-0.15, -0.1) is 0 Å². The van der Waals surface area contributed by atoms with Crippen molar-refractivity contribution >= 4 is 17.6 Å². The highest BCUT2D eigenvalue weighted by molar-refractivity contribution is 5.95. The highest BCUT2D eigenvalue weighted by Crippen LogP contribution is 2.11. The number of carbonyl (C=O) groups is 2. The summed E-state index contributed by atoms with van der Waals surface area (Å²) in [5, 5.41) is 2.56. The number of halogens is 1.